The molecule has 0 amide bonds. The Morgan fingerprint density at radius 2 is 2.50 bits per heavy atom. The molecular weight excluding hydrogens is 130 g/mol. The summed E-state index contributed by atoms with van der Waals surface area (Å²) in [5.74, 6) is 0.740. The van der Waals surface area contributed by atoms with E-state index in [1.807, 2.05) is 0 Å². The predicted molar refractivity (Wildman–Crippen MR) is 36.3 cm³/mol. The maximum atomic E-state index is 10.7. The van der Waals surface area contributed by atoms with Gasteiger partial charge in [-0.25, -0.2) is 0 Å². The molecular formula is C7H7NO2. The fourth-order valence-electron chi connectivity index (χ4n) is 1.08. The van der Waals surface area contributed by atoms with Gasteiger partial charge >= 0.3 is 0 Å². The fourth-order valence-corrected chi connectivity index (χ4v) is 1.08. The molecule has 0 radical (unpaired) electrons. The third-order valence-electron chi connectivity index (χ3n) is 1.60. The van der Waals surface area contributed by atoms with Crippen molar-refractivity contribution in [2.75, 3.05) is 6.61 Å². The molecule has 1 aliphatic heterocycles. The largest absolute Gasteiger partial charge is 0.493 e. The summed E-state index contributed by atoms with van der Waals surface area (Å²) in [5, 5.41) is 0. The lowest BCUT2D eigenvalue weighted by Gasteiger charge is -1.93. The first-order valence-electron chi connectivity index (χ1n) is 3.21. The van der Waals surface area contributed by atoms with Crippen molar-refractivity contribution in [3.63, 3.8) is 0 Å². The van der Waals surface area contributed by atoms with Gasteiger partial charge in [-0.15, -0.1) is 0 Å². The highest BCUT2D eigenvalue weighted by Gasteiger charge is 2.10. The van der Waals surface area contributed by atoms with Crippen LogP contribution in [-0.4, -0.2) is 11.6 Å². The Labute approximate surface area is 57.7 Å². The van der Waals surface area contributed by atoms with E-state index >= 15 is 0 Å². The minimum atomic E-state index is -0.0966. The quantitative estimate of drug-likeness (QED) is 0.559. The Hall–Kier alpha value is -1.25. The van der Waals surface area contributed by atoms with Crippen LogP contribution >= 0.6 is 0 Å². The molecule has 3 nitrogen and oxygen atoms in total. The van der Waals surface area contributed by atoms with E-state index in [1.165, 1.54) is 6.07 Å². The second-order valence-corrected chi connectivity index (χ2v) is 2.29. The number of nitrogens with one attached hydrogen (secondary N) is 1. The summed E-state index contributed by atoms with van der Waals surface area (Å²) in [6.45, 7) is 0.701. The Balaban J connectivity index is 2.63. The normalized spacial score (nSPS) is 14.4. The minimum Gasteiger partial charge on any atom is -0.493 e. The third kappa shape index (κ3) is 0.708. The number of fused-ring (bicyclic) bond motifs is 1. The first-order valence-corrected chi connectivity index (χ1v) is 3.21. The molecule has 1 aromatic heterocycles. The molecule has 2 rings (SSSR count). The summed E-state index contributed by atoms with van der Waals surface area (Å²) >= 11 is 0. The average Bonchev–Trinajstić information content (AvgIpc) is 2.33. The molecule has 0 spiro atoms. The highest BCUT2D eigenvalue weighted by Crippen LogP contribution is 2.20. The van der Waals surface area contributed by atoms with E-state index < -0.39 is 0 Å². The average molecular weight is 137 g/mol. The van der Waals surface area contributed by atoms with Crippen LogP contribution in [0, 0.1) is 0 Å². The van der Waals surface area contributed by atoms with Gasteiger partial charge in [-0.2, -0.15) is 0 Å². The third-order valence-corrected chi connectivity index (χ3v) is 1.60. The SMILES string of the molecule is O=c1cc2c(c[nH]1)CCO2. The van der Waals surface area contributed by atoms with E-state index in [4.69, 9.17) is 4.74 Å². The molecule has 0 bridgehead atoms. The molecule has 1 aliphatic rings. The smallest absolute Gasteiger partial charge is 0.251 e. The first kappa shape index (κ1) is 5.53. The lowest BCUT2D eigenvalue weighted by molar-refractivity contribution is 0.356. The zero-order valence-electron chi connectivity index (χ0n) is 5.39. The predicted octanol–water partition coefficient (Wildman–Crippen LogP) is 0.310. The van der Waals surface area contributed by atoms with Crippen LogP contribution in [0.5, 0.6) is 5.75 Å². The molecule has 0 saturated heterocycles. The number of hydrogen-bond donors (Lipinski definition) is 1. The lowest BCUT2D eigenvalue weighted by Crippen LogP contribution is -2.02. The van der Waals surface area contributed by atoms with Gasteiger partial charge in [0.2, 0.25) is 0 Å². The van der Waals surface area contributed by atoms with Crippen molar-refractivity contribution in [1.29, 1.82) is 0 Å². The van der Waals surface area contributed by atoms with Crippen molar-refractivity contribution in [3.05, 3.63) is 28.2 Å². The van der Waals surface area contributed by atoms with Crippen LogP contribution in [0.4, 0.5) is 0 Å². The molecule has 1 N–H and O–H groups in total. The standard InChI is InChI=1S/C7H7NO2/c9-7-3-6-5(4-8-7)1-2-10-6/h3-4H,1-2H2,(H,8,9). The van der Waals surface area contributed by atoms with Crippen LogP contribution in [0.2, 0.25) is 0 Å². The second-order valence-electron chi connectivity index (χ2n) is 2.29. The van der Waals surface area contributed by atoms with Crippen LogP contribution in [0.25, 0.3) is 0 Å². The van der Waals surface area contributed by atoms with Gasteiger partial charge in [0.1, 0.15) is 5.75 Å². The number of ether oxygens (including phenoxy) is 1. The van der Waals surface area contributed by atoms with Gasteiger partial charge in [0.25, 0.3) is 5.56 Å². The summed E-state index contributed by atoms with van der Waals surface area (Å²) in [6, 6.07) is 1.49. The van der Waals surface area contributed by atoms with Crippen molar-refractivity contribution in [2.45, 2.75) is 6.42 Å². The zero-order valence-corrected chi connectivity index (χ0v) is 5.39. The monoisotopic (exact) mass is 137 g/mol. The van der Waals surface area contributed by atoms with Gasteiger partial charge in [-0.3, -0.25) is 4.79 Å². The van der Waals surface area contributed by atoms with Crippen LogP contribution in [0.15, 0.2) is 17.1 Å². The highest BCUT2D eigenvalue weighted by atomic mass is 16.5. The van der Waals surface area contributed by atoms with Gasteiger partial charge in [0.15, 0.2) is 0 Å². The summed E-state index contributed by atoms with van der Waals surface area (Å²) < 4.78 is 5.16. The molecule has 0 aliphatic carbocycles. The van der Waals surface area contributed by atoms with E-state index in [9.17, 15) is 4.79 Å². The molecule has 10 heavy (non-hydrogen) atoms. The maximum absolute atomic E-state index is 10.7. The van der Waals surface area contributed by atoms with Crippen molar-refractivity contribution in [1.82, 2.24) is 4.98 Å². The molecule has 3 heteroatoms. The summed E-state index contributed by atoms with van der Waals surface area (Å²) in [4.78, 5) is 13.3. The Kier molecular flexibility index (Phi) is 1.03. The fraction of sp³-hybridized carbons (Fsp3) is 0.286. The number of aromatic nitrogens is 1. The van der Waals surface area contributed by atoms with E-state index in [-0.39, 0.29) is 5.56 Å². The second kappa shape index (κ2) is 1.87. The van der Waals surface area contributed by atoms with Crippen LogP contribution < -0.4 is 10.3 Å². The van der Waals surface area contributed by atoms with Gasteiger partial charge in [-0.1, -0.05) is 0 Å². The number of rotatable bonds is 0. The van der Waals surface area contributed by atoms with Gasteiger partial charge in [-0.05, 0) is 0 Å². The maximum Gasteiger partial charge on any atom is 0.251 e. The van der Waals surface area contributed by atoms with Crippen molar-refractivity contribution < 1.29 is 4.74 Å². The molecule has 0 fully saturated rings. The van der Waals surface area contributed by atoms with Gasteiger partial charge in [0, 0.05) is 24.2 Å². The minimum absolute atomic E-state index is 0.0966. The Bertz CT molecular complexity index is 303. The molecule has 52 valence electrons. The van der Waals surface area contributed by atoms with Gasteiger partial charge in [0.05, 0.1) is 6.61 Å². The number of aromatic amines is 1. The Morgan fingerprint density at radius 3 is 3.40 bits per heavy atom. The zero-order chi connectivity index (χ0) is 6.97. The van der Waals surface area contributed by atoms with E-state index in [2.05, 4.69) is 4.98 Å². The first-order chi connectivity index (χ1) is 4.86. The summed E-state index contributed by atoms with van der Waals surface area (Å²) in [6.07, 6.45) is 2.62. The highest BCUT2D eigenvalue weighted by molar-refractivity contribution is 5.32. The van der Waals surface area contributed by atoms with E-state index in [1.54, 1.807) is 6.20 Å². The molecule has 0 saturated carbocycles. The number of pyridine rings is 1. The molecule has 1 aromatic rings. The van der Waals surface area contributed by atoms with Crippen molar-refractivity contribution in [2.24, 2.45) is 0 Å². The topological polar surface area (TPSA) is 42.1 Å². The van der Waals surface area contributed by atoms with Crippen molar-refractivity contribution in [3.8, 4) is 5.75 Å². The summed E-state index contributed by atoms with van der Waals surface area (Å²) in [7, 11) is 0. The van der Waals surface area contributed by atoms with Gasteiger partial charge < -0.3 is 9.72 Å². The molecule has 0 aromatic carbocycles. The summed E-state index contributed by atoms with van der Waals surface area (Å²) in [5.41, 5.74) is 1.00. The van der Waals surface area contributed by atoms with E-state index in [0.29, 0.717) is 6.61 Å². The van der Waals surface area contributed by atoms with Crippen molar-refractivity contribution >= 4 is 0 Å². The molecule has 2 heterocycles. The molecule has 0 unspecified atom stereocenters. The van der Waals surface area contributed by atoms with Crippen LogP contribution in [0.3, 0.4) is 0 Å². The van der Waals surface area contributed by atoms with Crippen LogP contribution in [0.1, 0.15) is 5.56 Å². The lowest BCUT2D eigenvalue weighted by atomic mass is 10.2. The van der Waals surface area contributed by atoms with E-state index in [0.717, 1.165) is 17.7 Å². The number of hydrogen-bond acceptors (Lipinski definition) is 2. The van der Waals surface area contributed by atoms with Crippen LogP contribution in [-0.2, 0) is 6.42 Å². The number of H-pyrrole nitrogens is 1. The Morgan fingerprint density at radius 1 is 1.60 bits per heavy atom. The molecule has 0 atom stereocenters.